The first kappa shape index (κ1) is 15.4. The van der Waals surface area contributed by atoms with Crippen LogP contribution >= 0.6 is 0 Å². The number of nitrogens with one attached hydrogen (secondary N) is 1. The number of halogens is 1. The minimum Gasteiger partial charge on any atom is -0.381 e. The lowest BCUT2D eigenvalue weighted by molar-refractivity contribution is 0.0502. The number of benzene rings is 1. The third kappa shape index (κ3) is 3.17. The summed E-state index contributed by atoms with van der Waals surface area (Å²) in [6.07, 6.45) is 1.06. The maximum absolute atomic E-state index is 13.1. The van der Waals surface area contributed by atoms with E-state index in [-0.39, 0.29) is 11.4 Å². The monoisotopic (exact) mass is 302 g/mol. The number of aryl methyl sites for hydroxylation is 1. The quantitative estimate of drug-likeness (QED) is 0.866. The number of rotatable bonds is 4. The molecule has 0 atom stereocenters. The molecule has 1 aliphatic rings. The van der Waals surface area contributed by atoms with E-state index in [0.29, 0.717) is 31.6 Å². The summed E-state index contributed by atoms with van der Waals surface area (Å²) in [7, 11) is -3.73. The van der Waals surface area contributed by atoms with E-state index in [1.165, 1.54) is 12.1 Å². The van der Waals surface area contributed by atoms with E-state index in [1.807, 2.05) is 0 Å². The Balaban J connectivity index is 2.30. The number of hydrogen-bond acceptors (Lipinski definition) is 4. The number of nitrogens with two attached hydrogens (primary N) is 1. The first-order valence-electron chi connectivity index (χ1n) is 6.46. The largest absolute Gasteiger partial charge is 0.381 e. The molecule has 0 unspecified atom stereocenters. The van der Waals surface area contributed by atoms with Crippen LogP contribution in [0.3, 0.4) is 0 Å². The zero-order valence-electron chi connectivity index (χ0n) is 11.4. The first-order valence-corrected chi connectivity index (χ1v) is 7.95. The molecule has 0 bridgehead atoms. The Labute approximate surface area is 118 Å². The van der Waals surface area contributed by atoms with Gasteiger partial charge in [-0.2, -0.15) is 0 Å². The Morgan fingerprint density at radius 2 is 2.05 bits per heavy atom. The van der Waals surface area contributed by atoms with Gasteiger partial charge < -0.3 is 10.5 Å². The highest BCUT2D eigenvalue weighted by molar-refractivity contribution is 7.89. The fraction of sp³-hybridized carbons (Fsp3) is 0.538. The van der Waals surface area contributed by atoms with Gasteiger partial charge in [0.15, 0.2) is 0 Å². The molecule has 0 saturated carbocycles. The van der Waals surface area contributed by atoms with Crippen molar-refractivity contribution in [3.05, 3.63) is 29.6 Å². The van der Waals surface area contributed by atoms with Crippen molar-refractivity contribution in [2.24, 2.45) is 5.73 Å². The zero-order chi connectivity index (χ0) is 14.8. The Hall–Kier alpha value is -1.02. The molecule has 1 saturated heterocycles. The molecule has 2 rings (SSSR count). The molecule has 1 aromatic carbocycles. The lowest BCUT2D eigenvalue weighted by atomic mass is 9.92. The van der Waals surface area contributed by atoms with E-state index >= 15 is 0 Å². The highest BCUT2D eigenvalue weighted by Crippen LogP contribution is 2.24. The molecule has 20 heavy (non-hydrogen) atoms. The summed E-state index contributed by atoms with van der Waals surface area (Å²) in [5.41, 5.74) is 5.43. The van der Waals surface area contributed by atoms with Crippen LogP contribution in [-0.2, 0) is 14.8 Å². The Bertz CT molecular complexity index is 583. The highest BCUT2D eigenvalue weighted by Gasteiger charge is 2.36. The van der Waals surface area contributed by atoms with Gasteiger partial charge in [0.1, 0.15) is 5.82 Å². The van der Waals surface area contributed by atoms with Gasteiger partial charge in [0.2, 0.25) is 10.0 Å². The van der Waals surface area contributed by atoms with Crippen molar-refractivity contribution in [2.45, 2.75) is 30.2 Å². The number of ether oxygens (including phenoxy) is 1. The average Bonchev–Trinajstić information content (AvgIpc) is 2.38. The lowest BCUT2D eigenvalue weighted by Crippen LogP contribution is -2.56. The van der Waals surface area contributed by atoms with Gasteiger partial charge in [0.25, 0.3) is 0 Å². The fourth-order valence-electron chi connectivity index (χ4n) is 2.36. The molecule has 1 aromatic rings. The molecule has 0 aliphatic carbocycles. The van der Waals surface area contributed by atoms with Crippen molar-refractivity contribution in [3.63, 3.8) is 0 Å². The molecule has 0 aromatic heterocycles. The van der Waals surface area contributed by atoms with Crippen LogP contribution in [0.15, 0.2) is 23.1 Å². The summed E-state index contributed by atoms with van der Waals surface area (Å²) >= 11 is 0. The second-order valence-electron chi connectivity index (χ2n) is 5.11. The normalized spacial score (nSPS) is 18.9. The van der Waals surface area contributed by atoms with Gasteiger partial charge in [-0.15, -0.1) is 0 Å². The number of sulfonamides is 1. The van der Waals surface area contributed by atoms with Crippen molar-refractivity contribution < 1.29 is 17.5 Å². The van der Waals surface area contributed by atoms with E-state index in [4.69, 9.17) is 10.5 Å². The van der Waals surface area contributed by atoms with Crippen molar-refractivity contribution in [1.82, 2.24) is 4.72 Å². The summed E-state index contributed by atoms with van der Waals surface area (Å²) in [4.78, 5) is 0.0817. The van der Waals surface area contributed by atoms with Crippen LogP contribution in [0.5, 0.6) is 0 Å². The van der Waals surface area contributed by atoms with Crippen molar-refractivity contribution in [2.75, 3.05) is 19.8 Å². The van der Waals surface area contributed by atoms with E-state index in [0.717, 1.165) is 6.07 Å². The fourth-order valence-corrected chi connectivity index (χ4v) is 4.06. The van der Waals surface area contributed by atoms with Crippen LogP contribution in [0.2, 0.25) is 0 Å². The lowest BCUT2D eigenvalue weighted by Gasteiger charge is -2.36. The molecule has 0 spiro atoms. The third-order valence-electron chi connectivity index (χ3n) is 3.62. The van der Waals surface area contributed by atoms with Crippen LogP contribution < -0.4 is 10.5 Å². The smallest absolute Gasteiger partial charge is 0.241 e. The molecule has 0 amide bonds. The molecular weight excluding hydrogens is 283 g/mol. The summed E-state index contributed by atoms with van der Waals surface area (Å²) in [5.74, 6) is -0.457. The van der Waals surface area contributed by atoms with Crippen LogP contribution in [0.1, 0.15) is 18.4 Å². The van der Waals surface area contributed by atoms with Crippen LogP contribution in [0.4, 0.5) is 4.39 Å². The van der Waals surface area contributed by atoms with Crippen LogP contribution in [0.25, 0.3) is 0 Å². The molecule has 1 heterocycles. The van der Waals surface area contributed by atoms with Gasteiger partial charge in [-0.1, -0.05) is 0 Å². The Morgan fingerprint density at radius 3 is 2.60 bits per heavy atom. The van der Waals surface area contributed by atoms with E-state index in [9.17, 15) is 12.8 Å². The standard InChI is InChI=1S/C13H19FN2O3S/c1-10-8-11(14)2-3-12(10)20(17,18)16-13(9-15)4-6-19-7-5-13/h2-3,8,16H,4-7,9,15H2,1H3. The SMILES string of the molecule is Cc1cc(F)ccc1S(=O)(=O)NC1(CN)CCOCC1. The first-order chi connectivity index (χ1) is 9.38. The summed E-state index contributed by atoms with van der Waals surface area (Å²) in [6, 6.07) is 3.62. The topological polar surface area (TPSA) is 81.4 Å². The minimum absolute atomic E-state index is 0.0817. The maximum atomic E-state index is 13.1. The maximum Gasteiger partial charge on any atom is 0.241 e. The second-order valence-corrected chi connectivity index (χ2v) is 6.76. The summed E-state index contributed by atoms with van der Waals surface area (Å²) < 4.78 is 45.9. The molecular formula is C13H19FN2O3S. The van der Waals surface area contributed by atoms with E-state index < -0.39 is 21.4 Å². The van der Waals surface area contributed by atoms with Gasteiger partial charge in [0.05, 0.1) is 4.90 Å². The third-order valence-corrected chi connectivity index (χ3v) is 5.36. The van der Waals surface area contributed by atoms with Crippen LogP contribution in [0, 0.1) is 12.7 Å². The zero-order valence-corrected chi connectivity index (χ0v) is 12.2. The summed E-state index contributed by atoms with van der Waals surface area (Å²) in [5, 5.41) is 0. The van der Waals surface area contributed by atoms with Crippen LogP contribution in [-0.4, -0.2) is 33.7 Å². The molecule has 3 N–H and O–H groups in total. The highest BCUT2D eigenvalue weighted by atomic mass is 32.2. The molecule has 5 nitrogen and oxygen atoms in total. The van der Waals surface area contributed by atoms with Gasteiger partial charge >= 0.3 is 0 Å². The van der Waals surface area contributed by atoms with E-state index in [1.54, 1.807) is 6.92 Å². The molecule has 1 fully saturated rings. The second kappa shape index (κ2) is 5.77. The van der Waals surface area contributed by atoms with E-state index in [2.05, 4.69) is 4.72 Å². The van der Waals surface area contributed by atoms with Crippen molar-refractivity contribution in [1.29, 1.82) is 0 Å². The molecule has 7 heteroatoms. The predicted octanol–water partition coefficient (Wildman–Crippen LogP) is 0.920. The van der Waals surface area contributed by atoms with Gasteiger partial charge in [-0.25, -0.2) is 17.5 Å². The van der Waals surface area contributed by atoms with Gasteiger partial charge in [-0.05, 0) is 43.5 Å². The summed E-state index contributed by atoms with van der Waals surface area (Å²) in [6.45, 7) is 2.72. The number of hydrogen-bond donors (Lipinski definition) is 2. The van der Waals surface area contributed by atoms with Gasteiger partial charge in [-0.3, -0.25) is 0 Å². The molecule has 1 aliphatic heterocycles. The molecule has 0 radical (unpaired) electrons. The van der Waals surface area contributed by atoms with Gasteiger partial charge in [0, 0.05) is 25.3 Å². The predicted molar refractivity (Wildman–Crippen MR) is 73.3 cm³/mol. The minimum atomic E-state index is -3.73. The van der Waals surface area contributed by atoms with Crippen molar-refractivity contribution in [3.8, 4) is 0 Å². The molecule has 112 valence electrons. The Kier molecular flexibility index (Phi) is 4.43. The average molecular weight is 302 g/mol. The Morgan fingerprint density at radius 1 is 1.40 bits per heavy atom. The van der Waals surface area contributed by atoms with Crippen molar-refractivity contribution >= 4 is 10.0 Å².